The fourth-order valence-electron chi connectivity index (χ4n) is 3.37. The van der Waals surface area contributed by atoms with Crippen LogP contribution in [0.15, 0.2) is 46.9 Å². The average Bonchev–Trinajstić information content (AvgIpc) is 3.17. The van der Waals surface area contributed by atoms with Gasteiger partial charge in [-0.15, -0.1) is 0 Å². The van der Waals surface area contributed by atoms with Crippen molar-refractivity contribution in [1.82, 2.24) is 10.6 Å². The van der Waals surface area contributed by atoms with E-state index in [2.05, 4.69) is 10.6 Å². The average molecular weight is 354 g/mol. The Labute approximate surface area is 150 Å². The van der Waals surface area contributed by atoms with Crippen molar-refractivity contribution in [2.45, 2.75) is 25.9 Å². The lowest BCUT2D eigenvalue weighted by Crippen LogP contribution is -2.39. The molecule has 0 saturated carbocycles. The third-order valence-corrected chi connectivity index (χ3v) is 4.68. The summed E-state index contributed by atoms with van der Waals surface area (Å²) >= 11 is 0. The quantitative estimate of drug-likeness (QED) is 0.734. The first kappa shape index (κ1) is 16.4. The van der Waals surface area contributed by atoms with Gasteiger partial charge in [0.2, 0.25) is 0 Å². The highest BCUT2D eigenvalue weighted by molar-refractivity contribution is 5.82. The van der Waals surface area contributed by atoms with Gasteiger partial charge in [-0.2, -0.15) is 0 Å². The smallest absolute Gasteiger partial charge is 0.315 e. The number of hydrogen-bond acceptors (Lipinski definition) is 3. The monoisotopic (exact) mass is 354 g/mol. The number of carbonyl (C=O) groups is 1. The minimum atomic E-state index is -0.358. The van der Waals surface area contributed by atoms with Crippen molar-refractivity contribution < 1.29 is 18.3 Å². The number of amides is 2. The van der Waals surface area contributed by atoms with E-state index in [1.54, 1.807) is 6.07 Å². The normalized spacial score (nSPS) is 16.8. The SMILES string of the molecule is Cc1c([C@@H](C)NC(=O)NC2COc3ccccc32)oc2ccc(F)cc12. The van der Waals surface area contributed by atoms with Gasteiger partial charge in [0.15, 0.2) is 0 Å². The van der Waals surface area contributed by atoms with Gasteiger partial charge in [-0.3, -0.25) is 0 Å². The Balaban J connectivity index is 1.47. The summed E-state index contributed by atoms with van der Waals surface area (Å²) in [6.45, 7) is 4.10. The molecule has 0 aliphatic carbocycles. The largest absolute Gasteiger partial charge is 0.491 e. The Hall–Kier alpha value is -3.02. The first-order valence-corrected chi connectivity index (χ1v) is 8.50. The zero-order chi connectivity index (χ0) is 18.3. The number of furan rings is 1. The lowest BCUT2D eigenvalue weighted by atomic mass is 10.1. The van der Waals surface area contributed by atoms with Crippen molar-refractivity contribution >= 4 is 17.0 Å². The van der Waals surface area contributed by atoms with Gasteiger partial charge >= 0.3 is 6.03 Å². The highest BCUT2D eigenvalue weighted by atomic mass is 19.1. The minimum Gasteiger partial charge on any atom is -0.491 e. The maximum atomic E-state index is 13.5. The summed E-state index contributed by atoms with van der Waals surface area (Å²) in [5, 5.41) is 6.51. The lowest BCUT2D eigenvalue weighted by Gasteiger charge is -2.16. The Morgan fingerprint density at radius 3 is 2.92 bits per heavy atom. The van der Waals surface area contributed by atoms with E-state index in [4.69, 9.17) is 9.15 Å². The van der Waals surface area contributed by atoms with E-state index in [0.29, 0.717) is 23.3 Å². The van der Waals surface area contributed by atoms with Crippen LogP contribution >= 0.6 is 0 Å². The molecule has 0 spiro atoms. The molecule has 0 saturated heterocycles. The highest BCUT2D eigenvalue weighted by Crippen LogP contribution is 2.32. The summed E-state index contributed by atoms with van der Waals surface area (Å²) in [4.78, 5) is 12.4. The van der Waals surface area contributed by atoms with Gasteiger partial charge in [-0.25, -0.2) is 9.18 Å². The molecule has 1 unspecified atom stereocenters. The Morgan fingerprint density at radius 2 is 2.08 bits per heavy atom. The number of nitrogens with one attached hydrogen (secondary N) is 2. The summed E-state index contributed by atoms with van der Waals surface area (Å²) in [6.07, 6.45) is 0. The number of rotatable bonds is 3. The summed E-state index contributed by atoms with van der Waals surface area (Å²) < 4.78 is 24.8. The third kappa shape index (κ3) is 2.87. The molecule has 2 heterocycles. The van der Waals surface area contributed by atoms with E-state index < -0.39 is 0 Å². The fourth-order valence-corrected chi connectivity index (χ4v) is 3.37. The molecule has 1 aliphatic heterocycles. The number of benzene rings is 2. The maximum absolute atomic E-state index is 13.5. The topological polar surface area (TPSA) is 63.5 Å². The van der Waals surface area contributed by atoms with Gasteiger partial charge in [-0.1, -0.05) is 18.2 Å². The number of aryl methyl sites for hydroxylation is 1. The summed E-state index contributed by atoms with van der Waals surface area (Å²) in [5.74, 6) is 1.09. The van der Waals surface area contributed by atoms with Crippen LogP contribution in [-0.4, -0.2) is 12.6 Å². The second-order valence-electron chi connectivity index (χ2n) is 6.47. The van der Waals surface area contributed by atoms with Gasteiger partial charge < -0.3 is 19.8 Å². The molecule has 2 N–H and O–H groups in total. The number of hydrogen-bond donors (Lipinski definition) is 2. The lowest BCUT2D eigenvalue weighted by molar-refractivity contribution is 0.227. The standard InChI is InChI=1S/C20H19FN2O3/c1-11-15-9-13(21)7-8-18(15)26-19(11)12(2)22-20(24)23-16-10-25-17-6-4-3-5-14(16)17/h3-9,12,16H,10H2,1-2H3,(H2,22,23,24)/t12-,16?/m1/s1. The molecule has 5 nitrogen and oxygen atoms in total. The predicted octanol–water partition coefficient (Wildman–Crippen LogP) is 4.37. The van der Waals surface area contributed by atoms with Crippen molar-refractivity contribution in [1.29, 1.82) is 0 Å². The second-order valence-corrected chi connectivity index (χ2v) is 6.47. The predicted molar refractivity (Wildman–Crippen MR) is 95.7 cm³/mol. The molecule has 3 aromatic rings. The van der Waals surface area contributed by atoms with Crippen LogP contribution < -0.4 is 15.4 Å². The van der Waals surface area contributed by atoms with Crippen molar-refractivity contribution in [3.63, 3.8) is 0 Å². The second kappa shape index (κ2) is 6.37. The van der Waals surface area contributed by atoms with Gasteiger partial charge in [-0.05, 0) is 38.1 Å². The van der Waals surface area contributed by atoms with Gasteiger partial charge in [0, 0.05) is 16.5 Å². The number of carbonyl (C=O) groups excluding carboxylic acids is 1. The molecule has 2 amide bonds. The van der Waals surface area contributed by atoms with Gasteiger partial charge in [0.05, 0.1) is 12.1 Å². The van der Waals surface area contributed by atoms with Crippen LogP contribution in [-0.2, 0) is 0 Å². The molecule has 2 aromatic carbocycles. The molecule has 6 heteroatoms. The molecule has 0 radical (unpaired) electrons. The molecule has 26 heavy (non-hydrogen) atoms. The van der Waals surface area contributed by atoms with Crippen LogP contribution in [0.4, 0.5) is 9.18 Å². The van der Waals surface area contributed by atoms with Crippen LogP contribution in [0.25, 0.3) is 11.0 Å². The first-order valence-electron chi connectivity index (χ1n) is 8.50. The van der Waals surface area contributed by atoms with Crippen molar-refractivity contribution in [2.75, 3.05) is 6.61 Å². The fraction of sp³-hybridized carbons (Fsp3) is 0.250. The highest BCUT2D eigenvalue weighted by Gasteiger charge is 2.26. The van der Waals surface area contributed by atoms with E-state index in [1.807, 2.05) is 38.1 Å². The number of halogens is 1. The molecule has 1 aliphatic rings. The number of fused-ring (bicyclic) bond motifs is 2. The van der Waals surface area contributed by atoms with Gasteiger partial charge in [0.25, 0.3) is 0 Å². The third-order valence-electron chi connectivity index (χ3n) is 4.68. The minimum absolute atomic E-state index is 0.190. The van der Waals surface area contributed by atoms with E-state index in [-0.39, 0.29) is 23.9 Å². The molecular formula is C20H19FN2O3. The van der Waals surface area contributed by atoms with Crippen molar-refractivity contribution in [3.8, 4) is 5.75 Å². The molecule has 134 valence electrons. The first-order chi connectivity index (χ1) is 12.5. The zero-order valence-corrected chi connectivity index (χ0v) is 14.5. The Bertz CT molecular complexity index is 982. The molecular weight excluding hydrogens is 335 g/mol. The van der Waals surface area contributed by atoms with Crippen LogP contribution in [0.3, 0.4) is 0 Å². The van der Waals surface area contributed by atoms with E-state index in [1.165, 1.54) is 12.1 Å². The summed E-state index contributed by atoms with van der Waals surface area (Å²) in [6, 6.07) is 11.2. The maximum Gasteiger partial charge on any atom is 0.315 e. The molecule has 2 atom stereocenters. The number of ether oxygens (including phenoxy) is 1. The molecule has 0 fully saturated rings. The molecule has 0 bridgehead atoms. The van der Waals surface area contributed by atoms with Crippen LogP contribution in [0, 0.1) is 12.7 Å². The molecule has 1 aromatic heterocycles. The number of urea groups is 1. The summed E-state index contributed by atoms with van der Waals surface area (Å²) in [5.41, 5.74) is 2.39. The molecule has 4 rings (SSSR count). The van der Waals surface area contributed by atoms with Crippen LogP contribution in [0.1, 0.15) is 35.9 Å². The van der Waals surface area contributed by atoms with Crippen LogP contribution in [0.5, 0.6) is 5.75 Å². The van der Waals surface area contributed by atoms with E-state index in [0.717, 1.165) is 16.9 Å². The van der Waals surface area contributed by atoms with E-state index >= 15 is 0 Å². The Kier molecular flexibility index (Phi) is 4.03. The van der Waals surface area contributed by atoms with Crippen molar-refractivity contribution in [3.05, 3.63) is 65.2 Å². The van der Waals surface area contributed by atoms with Crippen molar-refractivity contribution in [2.24, 2.45) is 0 Å². The summed E-state index contributed by atoms with van der Waals surface area (Å²) in [7, 11) is 0. The van der Waals surface area contributed by atoms with Gasteiger partial charge in [0.1, 0.15) is 29.5 Å². The Morgan fingerprint density at radius 1 is 1.27 bits per heavy atom. The van der Waals surface area contributed by atoms with Crippen LogP contribution in [0.2, 0.25) is 0 Å². The zero-order valence-electron chi connectivity index (χ0n) is 14.5. The van der Waals surface area contributed by atoms with E-state index in [9.17, 15) is 9.18 Å². The number of para-hydroxylation sites is 1.